The van der Waals surface area contributed by atoms with Gasteiger partial charge in [0.15, 0.2) is 0 Å². The summed E-state index contributed by atoms with van der Waals surface area (Å²) in [6.07, 6.45) is 4.08. The molecular formula is C19H15FN2O2S. The Morgan fingerprint density at radius 2 is 1.76 bits per heavy atom. The molecule has 4 nitrogen and oxygen atoms in total. The molecule has 4 rings (SSSR count). The van der Waals surface area contributed by atoms with Gasteiger partial charge in [-0.05, 0) is 65.6 Å². The summed E-state index contributed by atoms with van der Waals surface area (Å²) in [5.41, 5.74) is 3.67. The normalized spacial score (nSPS) is 13.7. The molecule has 126 valence electrons. The molecule has 0 spiro atoms. The van der Waals surface area contributed by atoms with Crippen molar-refractivity contribution in [3.63, 3.8) is 0 Å². The number of sulfonamides is 1. The summed E-state index contributed by atoms with van der Waals surface area (Å²) in [7, 11) is -3.77. The van der Waals surface area contributed by atoms with Gasteiger partial charge in [-0.25, -0.2) is 12.8 Å². The Morgan fingerprint density at radius 3 is 2.52 bits per heavy atom. The maximum Gasteiger partial charge on any atom is 0.264 e. The molecule has 1 aliphatic heterocycles. The third-order valence-electron chi connectivity index (χ3n) is 4.33. The summed E-state index contributed by atoms with van der Waals surface area (Å²) >= 11 is 0. The second-order valence-corrected chi connectivity index (χ2v) is 7.73. The van der Waals surface area contributed by atoms with Crippen LogP contribution < -0.4 is 4.31 Å². The Hall–Kier alpha value is -2.73. The average Bonchev–Trinajstić information content (AvgIpc) is 3.06. The van der Waals surface area contributed by atoms with E-state index < -0.39 is 15.8 Å². The average molecular weight is 354 g/mol. The van der Waals surface area contributed by atoms with E-state index in [2.05, 4.69) is 4.98 Å². The van der Waals surface area contributed by atoms with Gasteiger partial charge in [0.1, 0.15) is 5.82 Å². The highest BCUT2D eigenvalue weighted by Crippen LogP contribution is 2.35. The first-order chi connectivity index (χ1) is 12.1. The van der Waals surface area contributed by atoms with Crippen molar-refractivity contribution in [3.8, 4) is 11.1 Å². The smallest absolute Gasteiger partial charge is 0.264 e. The predicted octanol–water partition coefficient (Wildman–Crippen LogP) is 3.64. The number of pyridine rings is 1. The number of benzene rings is 2. The topological polar surface area (TPSA) is 50.3 Å². The SMILES string of the molecule is O=S(=O)(c1cccc(F)c1)N1CCc2cc(-c3ccncc3)ccc21. The minimum atomic E-state index is -3.77. The molecule has 0 fully saturated rings. The van der Waals surface area contributed by atoms with E-state index in [4.69, 9.17) is 0 Å². The van der Waals surface area contributed by atoms with Crippen LogP contribution in [0.5, 0.6) is 0 Å². The first-order valence-electron chi connectivity index (χ1n) is 7.87. The van der Waals surface area contributed by atoms with E-state index in [0.717, 1.165) is 22.8 Å². The molecular weight excluding hydrogens is 339 g/mol. The van der Waals surface area contributed by atoms with Crippen LogP contribution in [0.1, 0.15) is 5.56 Å². The summed E-state index contributed by atoms with van der Waals surface area (Å²) in [6.45, 7) is 0.355. The minimum Gasteiger partial charge on any atom is -0.266 e. The van der Waals surface area contributed by atoms with Crippen LogP contribution in [-0.4, -0.2) is 19.9 Å². The van der Waals surface area contributed by atoms with Crippen LogP contribution in [0, 0.1) is 5.82 Å². The first-order valence-corrected chi connectivity index (χ1v) is 9.31. The van der Waals surface area contributed by atoms with E-state index in [1.807, 2.05) is 30.3 Å². The summed E-state index contributed by atoms with van der Waals surface area (Å²) in [4.78, 5) is 3.98. The van der Waals surface area contributed by atoms with E-state index in [1.54, 1.807) is 12.4 Å². The fourth-order valence-electron chi connectivity index (χ4n) is 3.10. The Kier molecular flexibility index (Phi) is 3.77. The molecule has 2 heterocycles. The van der Waals surface area contributed by atoms with Crippen molar-refractivity contribution in [1.82, 2.24) is 4.98 Å². The molecule has 0 N–H and O–H groups in total. The highest BCUT2D eigenvalue weighted by Gasteiger charge is 2.31. The maximum atomic E-state index is 13.4. The lowest BCUT2D eigenvalue weighted by Crippen LogP contribution is -2.29. The van der Waals surface area contributed by atoms with Crippen molar-refractivity contribution < 1.29 is 12.8 Å². The number of hydrogen-bond acceptors (Lipinski definition) is 3. The number of halogens is 1. The molecule has 3 aromatic rings. The lowest BCUT2D eigenvalue weighted by atomic mass is 10.0. The Bertz CT molecular complexity index is 1040. The van der Waals surface area contributed by atoms with Crippen molar-refractivity contribution in [1.29, 1.82) is 0 Å². The van der Waals surface area contributed by atoms with E-state index in [-0.39, 0.29) is 4.90 Å². The Balaban J connectivity index is 1.73. The fourth-order valence-corrected chi connectivity index (χ4v) is 4.64. The van der Waals surface area contributed by atoms with E-state index >= 15 is 0 Å². The number of hydrogen-bond donors (Lipinski definition) is 0. The lowest BCUT2D eigenvalue weighted by Gasteiger charge is -2.20. The molecule has 1 aliphatic rings. The zero-order valence-electron chi connectivity index (χ0n) is 13.3. The van der Waals surface area contributed by atoms with Crippen LogP contribution in [0.4, 0.5) is 10.1 Å². The van der Waals surface area contributed by atoms with Gasteiger partial charge in [-0.1, -0.05) is 12.1 Å². The van der Waals surface area contributed by atoms with Gasteiger partial charge in [0.05, 0.1) is 10.6 Å². The zero-order chi connectivity index (χ0) is 17.4. The molecule has 0 atom stereocenters. The molecule has 6 heteroatoms. The highest BCUT2D eigenvalue weighted by molar-refractivity contribution is 7.92. The second kappa shape index (κ2) is 5.97. The highest BCUT2D eigenvalue weighted by atomic mass is 32.2. The van der Waals surface area contributed by atoms with Crippen molar-refractivity contribution in [2.75, 3.05) is 10.8 Å². The van der Waals surface area contributed by atoms with E-state index in [1.165, 1.54) is 22.5 Å². The maximum absolute atomic E-state index is 13.4. The molecule has 2 aromatic carbocycles. The van der Waals surface area contributed by atoms with Gasteiger partial charge >= 0.3 is 0 Å². The predicted molar refractivity (Wildman–Crippen MR) is 94.3 cm³/mol. The van der Waals surface area contributed by atoms with Gasteiger partial charge in [-0.2, -0.15) is 0 Å². The van der Waals surface area contributed by atoms with E-state index in [0.29, 0.717) is 18.7 Å². The van der Waals surface area contributed by atoms with Crippen molar-refractivity contribution in [2.45, 2.75) is 11.3 Å². The van der Waals surface area contributed by atoms with Crippen LogP contribution in [0.3, 0.4) is 0 Å². The summed E-state index contributed by atoms with van der Waals surface area (Å²) in [6, 6.07) is 14.7. The third kappa shape index (κ3) is 2.78. The molecule has 0 saturated carbocycles. The van der Waals surface area contributed by atoms with Crippen LogP contribution in [0.2, 0.25) is 0 Å². The number of anilines is 1. The van der Waals surface area contributed by atoms with Crippen LogP contribution >= 0.6 is 0 Å². The van der Waals surface area contributed by atoms with Crippen LogP contribution in [-0.2, 0) is 16.4 Å². The van der Waals surface area contributed by atoms with Gasteiger partial charge in [0, 0.05) is 18.9 Å². The van der Waals surface area contributed by atoms with Gasteiger partial charge in [0.25, 0.3) is 10.0 Å². The molecule has 0 bridgehead atoms. The number of fused-ring (bicyclic) bond motifs is 1. The number of nitrogens with zero attached hydrogens (tertiary/aromatic N) is 2. The molecule has 0 radical (unpaired) electrons. The molecule has 0 unspecified atom stereocenters. The summed E-state index contributed by atoms with van der Waals surface area (Å²) in [5, 5.41) is 0. The molecule has 0 saturated heterocycles. The van der Waals surface area contributed by atoms with Gasteiger partial charge in [0.2, 0.25) is 0 Å². The third-order valence-corrected chi connectivity index (χ3v) is 6.14. The zero-order valence-corrected chi connectivity index (χ0v) is 14.1. The molecule has 25 heavy (non-hydrogen) atoms. The monoisotopic (exact) mass is 354 g/mol. The molecule has 0 amide bonds. The van der Waals surface area contributed by atoms with Crippen molar-refractivity contribution >= 4 is 15.7 Å². The van der Waals surface area contributed by atoms with Crippen LogP contribution in [0.15, 0.2) is 71.9 Å². The summed E-state index contributed by atoms with van der Waals surface area (Å²) in [5.74, 6) is -0.562. The molecule has 1 aromatic heterocycles. The van der Waals surface area contributed by atoms with E-state index in [9.17, 15) is 12.8 Å². The minimum absolute atomic E-state index is 0.0291. The Morgan fingerprint density at radius 1 is 0.960 bits per heavy atom. The van der Waals surface area contributed by atoms with Crippen molar-refractivity contribution in [2.24, 2.45) is 0 Å². The fraction of sp³-hybridized carbons (Fsp3) is 0.105. The summed E-state index contributed by atoms with van der Waals surface area (Å²) < 4.78 is 40.5. The van der Waals surface area contributed by atoms with Crippen molar-refractivity contribution in [3.05, 3.63) is 78.4 Å². The first kappa shape index (κ1) is 15.8. The van der Waals surface area contributed by atoms with Gasteiger partial charge in [-0.15, -0.1) is 0 Å². The van der Waals surface area contributed by atoms with Gasteiger partial charge < -0.3 is 0 Å². The Labute approximate surface area is 145 Å². The largest absolute Gasteiger partial charge is 0.266 e. The quantitative estimate of drug-likeness (QED) is 0.722. The van der Waals surface area contributed by atoms with Gasteiger partial charge in [-0.3, -0.25) is 9.29 Å². The van der Waals surface area contributed by atoms with Crippen LogP contribution in [0.25, 0.3) is 11.1 Å². The molecule has 0 aliphatic carbocycles. The second-order valence-electron chi connectivity index (χ2n) is 5.86. The standard InChI is InChI=1S/C19H15FN2O2S/c20-17-2-1-3-18(13-17)25(23,24)22-11-8-16-12-15(4-5-19(16)22)14-6-9-21-10-7-14/h1-7,9-10,12-13H,8,11H2. The lowest BCUT2D eigenvalue weighted by molar-refractivity contribution is 0.587. The number of aromatic nitrogens is 1. The number of rotatable bonds is 3.